The average molecular weight is 363 g/mol. The molecular weight excluding hydrogens is 332 g/mol. The molecule has 2 heterocycles. The third kappa shape index (κ3) is 4.46. The number of ether oxygens (including phenoxy) is 1. The van der Waals surface area contributed by atoms with Gasteiger partial charge in [-0.1, -0.05) is 11.8 Å². The molecule has 0 spiro atoms. The third-order valence-electron chi connectivity index (χ3n) is 5.02. The number of aromatic nitrogens is 1. The Morgan fingerprint density at radius 3 is 2.60 bits per heavy atom. The van der Waals surface area contributed by atoms with Crippen LogP contribution in [0.3, 0.4) is 0 Å². The Labute approximate surface area is 155 Å². The third-order valence-corrected chi connectivity index (χ3v) is 6.11. The highest BCUT2D eigenvalue weighted by molar-refractivity contribution is 7.99. The molecule has 0 saturated carbocycles. The molecule has 0 bridgehead atoms. The van der Waals surface area contributed by atoms with Gasteiger partial charge in [-0.05, 0) is 31.2 Å². The van der Waals surface area contributed by atoms with Crippen LogP contribution in [0.4, 0.5) is 5.82 Å². The molecule has 0 radical (unpaired) electrons. The van der Waals surface area contributed by atoms with E-state index in [0.717, 1.165) is 68.5 Å². The normalized spacial score (nSPS) is 17.4. The Bertz CT molecular complexity index is 635. The first kappa shape index (κ1) is 18.5. The van der Waals surface area contributed by atoms with Gasteiger partial charge in [0.15, 0.2) is 5.03 Å². The van der Waals surface area contributed by atoms with Crippen molar-refractivity contribution in [3.63, 3.8) is 0 Å². The predicted molar refractivity (Wildman–Crippen MR) is 100 cm³/mol. The number of aromatic amines is 1. The van der Waals surface area contributed by atoms with Gasteiger partial charge in [-0.2, -0.15) is 5.26 Å². The summed E-state index contributed by atoms with van der Waals surface area (Å²) >= 11 is 1.82. The van der Waals surface area contributed by atoms with Gasteiger partial charge in [-0.3, -0.25) is 4.90 Å². The van der Waals surface area contributed by atoms with Crippen molar-refractivity contribution in [2.24, 2.45) is 0 Å². The van der Waals surface area contributed by atoms with Crippen LogP contribution in [0.1, 0.15) is 36.0 Å². The number of thioether (sulfide) groups is 1. The lowest BCUT2D eigenvalue weighted by Crippen LogP contribution is -3.05. The Kier molecular flexibility index (Phi) is 6.57. The molecule has 136 valence electrons. The minimum atomic E-state index is 0.788. The van der Waals surface area contributed by atoms with E-state index in [-0.39, 0.29) is 0 Å². The lowest BCUT2D eigenvalue weighted by molar-refractivity contribution is -0.858. The monoisotopic (exact) mass is 362 g/mol. The van der Waals surface area contributed by atoms with Crippen molar-refractivity contribution in [1.29, 1.82) is 5.26 Å². The van der Waals surface area contributed by atoms with E-state index in [1.807, 2.05) is 11.8 Å². The van der Waals surface area contributed by atoms with E-state index in [2.05, 4.69) is 30.0 Å². The Balaban J connectivity index is 1.89. The van der Waals surface area contributed by atoms with Gasteiger partial charge in [0.25, 0.3) is 5.82 Å². The van der Waals surface area contributed by atoms with E-state index in [4.69, 9.17) is 4.74 Å². The van der Waals surface area contributed by atoms with Crippen molar-refractivity contribution in [1.82, 2.24) is 0 Å². The molecule has 25 heavy (non-hydrogen) atoms. The molecule has 0 atom stereocenters. The number of quaternary nitrogens is 1. The van der Waals surface area contributed by atoms with E-state index in [0.29, 0.717) is 0 Å². The zero-order chi connectivity index (χ0) is 17.6. The standard InChI is InChI=1S/C19H28N4OS/c1-22(2)8-5-13-25-19-17(14-20)15-6-3-4-7-16(15)18(21-19)23-9-11-24-12-10-23/h3-13H2,1-2H3/p+2. The van der Waals surface area contributed by atoms with E-state index >= 15 is 0 Å². The van der Waals surface area contributed by atoms with Gasteiger partial charge in [0.05, 0.1) is 33.9 Å². The van der Waals surface area contributed by atoms with Crippen molar-refractivity contribution in [2.45, 2.75) is 37.1 Å². The van der Waals surface area contributed by atoms with E-state index < -0.39 is 0 Å². The largest absolute Gasteiger partial charge is 0.373 e. The number of nitriles is 1. The number of fused-ring (bicyclic) bond motifs is 1. The molecule has 6 heteroatoms. The zero-order valence-corrected chi connectivity index (χ0v) is 16.3. The molecule has 1 saturated heterocycles. The van der Waals surface area contributed by atoms with Crippen molar-refractivity contribution in [3.05, 3.63) is 16.7 Å². The molecule has 3 rings (SSSR count). The minimum Gasteiger partial charge on any atom is -0.373 e. The van der Waals surface area contributed by atoms with E-state index in [9.17, 15) is 5.26 Å². The first-order valence-electron chi connectivity index (χ1n) is 9.46. The smallest absolute Gasteiger partial charge is 0.278 e. The summed E-state index contributed by atoms with van der Waals surface area (Å²) in [6.45, 7) is 4.61. The fourth-order valence-electron chi connectivity index (χ4n) is 3.71. The maximum Gasteiger partial charge on any atom is 0.278 e. The van der Waals surface area contributed by atoms with Crippen LogP contribution in [0, 0.1) is 11.3 Å². The summed E-state index contributed by atoms with van der Waals surface area (Å²) in [5.41, 5.74) is 3.58. The number of morpholine rings is 1. The SMILES string of the molecule is C[NH+](C)CCCSc1[nH+]c(N2CCOCC2)c2c(c1C#N)CCCC2. The average Bonchev–Trinajstić information content (AvgIpc) is 2.65. The van der Waals surface area contributed by atoms with Crippen molar-refractivity contribution in [2.75, 3.05) is 57.6 Å². The summed E-state index contributed by atoms with van der Waals surface area (Å²) in [5, 5.41) is 10.9. The number of rotatable bonds is 6. The molecule has 1 fully saturated rings. The molecule has 0 amide bonds. The summed E-state index contributed by atoms with van der Waals surface area (Å²) in [7, 11) is 4.37. The highest BCUT2D eigenvalue weighted by Crippen LogP contribution is 2.34. The van der Waals surface area contributed by atoms with Crippen LogP contribution < -0.4 is 14.8 Å². The molecule has 1 aromatic rings. The highest BCUT2D eigenvalue weighted by atomic mass is 32.2. The van der Waals surface area contributed by atoms with Crippen molar-refractivity contribution < 1.29 is 14.6 Å². The molecule has 1 aromatic heterocycles. The predicted octanol–water partition coefficient (Wildman–Crippen LogP) is 0.714. The molecule has 2 N–H and O–H groups in total. The molecule has 5 nitrogen and oxygen atoms in total. The molecule has 0 unspecified atom stereocenters. The molecule has 0 aromatic carbocycles. The topological polar surface area (TPSA) is 54.8 Å². The van der Waals surface area contributed by atoms with E-state index in [1.54, 1.807) is 0 Å². The second kappa shape index (κ2) is 8.88. The zero-order valence-electron chi connectivity index (χ0n) is 15.5. The van der Waals surface area contributed by atoms with Crippen LogP contribution >= 0.6 is 11.8 Å². The van der Waals surface area contributed by atoms with Crippen LogP contribution in [0.2, 0.25) is 0 Å². The molecule has 2 aliphatic rings. The number of H-pyrrole nitrogens is 1. The van der Waals surface area contributed by atoms with Gasteiger partial charge >= 0.3 is 0 Å². The number of nitrogens with zero attached hydrogens (tertiary/aromatic N) is 2. The second-order valence-electron chi connectivity index (χ2n) is 7.21. The molecular formula is C19H30N4OS+2. The number of hydrogen-bond donors (Lipinski definition) is 1. The van der Waals surface area contributed by atoms with Crippen molar-refractivity contribution >= 4 is 17.6 Å². The van der Waals surface area contributed by atoms with Gasteiger partial charge in [-0.15, -0.1) is 0 Å². The highest BCUT2D eigenvalue weighted by Gasteiger charge is 2.30. The lowest BCUT2D eigenvalue weighted by Gasteiger charge is -2.26. The van der Waals surface area contributed by atoms with Gasteiger partial charge in [-0.25, -0.2) is 4.98 Å². The number of anilines is 1. The molecule has 1 aliphatic carbocycles. The summed E-state index contributed by atoms with van der Waals surface area (Å²) in [5.74, 6) is 2.30. The summed E-state index contributed by atoms with van der Waals surface area (Å²) in [4.78, 5) is 7.55. The van der Waals surface area contributed by atoms with Crippen LogP contribution in [0.15, 0.2) is 5.03 Å². The maximum absolute atomic E-state index is 9.80. The first-order chi connectivity index (χ1) is 12.2. The Morgan fingerprint density at radius 1 is 1.20 bits per heavy atom. The first-order valence-corrected chi connectivity index (χ1v) is 10.4. The number of nitrogens with one attached hydrogen (secondary N) is 2. The summed E-state index contributed by atoms with van der Waals surface area (Å²) in [6, 6.07) is 2.50. The number of hydrogen-bond acceptors (Lipinski definition) is 4. The number of pyridine rings is 1. The van der Waals surface area contributed by atoms with Gasteiger partial charge in [0.1, 0.15) is 24.7 Å². The fraction of sp³-hybridized carbons (Fsp3) is 0.684. The second-order valence-corrected chi connectivity index (χ2v) is 8.32. The van der Waals surface area contributed by atoms with Crippen LogP contribution in [-0.4, -0.2) is 52.7 Å². The Morgan fingerprint density at radius 2 is 1.92 bits per heavy atom. The quantitative estimate of drug-likeness (QED) is 0.598. The van der Waals surface area contributed by atoms with Crippen LogP contribution in [-0.2, 0) is 17.6 Å². The van der Waals surface area contributed by atoms with Crippen LogP contribution in [0.5, 0.6) is 0 Å². The van der Waals surface area contributed by atoms with Gasteiger partial charge in [0, 0.05) is 17.7 Å². The summed E-state index contributed by atoms with van der Waals surface area (Å²) < 4.78 is 5.53. The van der Waals surface area contributed by atoms with E-state index in [1.165, 1.54) is 34.7 Å². The van der Waals surface area contributed by atoms with Crippen molar-refractivity contribution in [3.8, 4) is 6.07 Å². The van der Waals surface area contributed by atoms with Gasteiger partial charge < -0.3 is 9.64 Å². The minimum absolute atomic E-state index is 0.788. The summed E-state index contributed by atoms with van der Waals surface area (Å²) in [6.07, 6.45) is 5.71. The Hall–Kier alpha value is -1.29. The maximum atomic E-state index is 9.80. The lowest BCUT2D eigenvalue weighted by atomic mass is 9.89. The van der Waals surface area contributed by atoms with Gasteiger partial charge in [0.2, 0.25) is 0 Å². The van der Waals surface area contributed by atoms with Crippen LogP contribution in [0.25, 0.3) is 0 Å². The fourth-order valence-corrected chi connectivity index (χ4v) is 4.68. The molecule has 1 aliphatic heterocycles.